The molecule has 0 aliphatic heterocycles. The molecule has 5 heteroatoms. The van der Waals surface area contributed by atoms with Gasteiger partial charge < -0.3 is 20.5 Å². The van der Waals surface area contributed by atoms with E-state index in [1.165, 1.54) is 0 Å². The van der Waals surface area contributed by atoms with Gasteiger partial charge in [0.05, 0.1) is 19.3 Å². The Morgan fingerprint density at radius 2 is 2.33 bits per heavy atom. The number of hydrogen-bond donors (Lipinski definition) is 3. The van der Waals surface area contributed by atoms with Gasteiger partial charge in [0, 0.05) is 26.1 Å². The maximum atomic E-state index is 11.3. The Hall–Kier alpha value is -0.650. The second-order valence-corrected chi connectivity index (χ2v) is 3.88. The molecule has 1 rings (SSSR count). The van der Waals surface area contributed by atoms with Gasteiger partial charge in [-0.05, 0) is 12.8 Å². The summed E-state index contributed by atoms with van der Waals surface area (Å²) in [7, 11) is 1.59. The molecule has 1 fully saturated rings. The van der Waals surface area contributed by atoms with Gasteiger partial charge in [-0.2, -0.15) is 0 Å². The van der Waals surface area contributed by atoms with Crippen LogP contribution in [-0.2, 0) is 9.53 Å². The van der Waals surface area contributed by atoms with Crippen molar-refractivity contribution in [2.45, 2.75) is 31.3 Å². The average molecular weight is 216 g/mol. The van der Waals surface area contributed by atoms with Crippen LogP contribution in [0.15, 0.2) is 0 Å². The molecule has 1 atom stereocenters. The molecule has 0 aromatic rings. The quantitative estimate of drug-likeness (QED) is 0.499. The van der Waals surface area contributed by atoms with E-state index in [9.17, 15) is 4.79 Å². The predicted octanol–water partition coefficient (Wildman–Crippen LogP) is -0.748. The van der Waals surface area contributed by atoms with Crippen LogP contribution in [-0.4, -0.2) is 50.0 Å². The van der Waals surface area contributed by atoms with Crippen LogP contribution in [0.1, 0.15) is 19.3 Å². The molecule has 0 spiro atoms. The molecule has 0 aromatic heterocycles. The van der Waals surface area contributed by atoms with Crippen molar-refractivity contribution in [3.05, 3.63) is 0 Å². The van der Waals surface area contributed by atoms with Crippen LogP contribution in [0.5, 0.6) is 0 Å². The highest BCUT2D eigenvalue weighted by Crippen LogP contribution is 2.18. The molecular formula is C10H20N2O3. The fourth-order valence-electron chi connectivity index (χ4n) is 1.29. The molecule has 3 N–H and O–H groups in total. The number of aliphatic hydroxyl groups excluding tert-OH is 1. The van der Waals surface area contributed by atoms with Gasteiger partial charge in [0.25, 0.3) is 0 Å². The maximum Gasteiger partial charge on any atom is 0.221 e. The van der Waals surface area contributed by atoms with Crippen molar-refractivity contribution in [2.75, 3.05) is 26.9 Å². The zero-order valence-corrected chi connectivity index (χ0v) is 9.16. The third-order valence-corrected chi connectivity index (χ3v) is 2.32. The molecule has 0 saturated heterocycles. The zero-order valence-electron chi connectivity index (χ0n) is 9.16. The van der Waals surface area contributed by atoms with Crippen molar-refractivity contribution in [2.24, 2.45) is 0 Å². The maximum absolute atomic E-state index is 11.3. The van der Waals surface area contributed by atoms with E-state index in [-0.39, 0.29) is 18.6 Å². The van der Waals surface area contributed by atoms with E-state index in [4.69, 9.17) is 9.84 Å². The van der Waals surface area contributed by atoms with Gasteiger partial charge in [0.15, 0.2) is 0 Å². The van der Waals surface area contributed by atoms with Crippen molar-refractivity contribution in [1.29, 1.82) is 0 Å². The van der Waals surface area contributed by atoms with Crippen LogP contribution in [0.3, 0.4) is 0 Å². The lowest BCUT2D eigenvalue weighted by Gasteiger charge is -2.14. The number of ether oxygens (including phenoxy) is 1. The number of hydrogen-bond acceptors (Lipinski definition) is 4. The summed E-state index contributed by atoms with van der Waals surface area (Å²) in [6, 6.07) is 0.342. The molecule has 1 saturated carbocycles. The summed E-state index contributed by atoms with van der Waals surface area (Å²) in [4.78, 5) is 11.3. The van der Waals surface area contributed by atoms with Gasteiger partial charge in [-0.25, -0.2) is 0 Å². The standard InChI is InChI=1S/C10H20N2O3/c1-15-7-9(6-13)11-5-4-10(14)12-8-2-3-8/h8-9,11,13H,2-7H2,1H3,(H,12,14). The van der Waals surface area contributed by atoms with Crippen molar-refractivity contribution in [1.82, 2.24) is 10.6 Å². The summed E-state index contributed by atoms with van der Waals surface area (Å²) in [5, 5.41) is 14.9. The Morgan fingerprint density at radius 1 is 1.60 bits per heavy atom. The predicted molar refractivity (Wildman–Crippen MR) is 56.5 cm³/mol. The number of aliphatic hydroxyl groups is 1. The Morgan fingerprint density at radius 3 is 2.87 bits per heavy atom. The van der Waals surface area contributed by atoms with Gasteiger partial charge in [-0.1, -0.05) is 0 Å². The van der Waals surface area contributed by atoms with Crippen LogP contribution < -0.4 is 10.6 Å². The summed E-state index contributed by atoms with van der Waals surface area (Å²) in [6.45, 7) is 1.06. The monoisotopic (exact) mass is 216 g/mol. The zero-order chi connectivity index (χ0) is 11.1. The fraction of sp³-hybridized carbons (Fsp3) is 0.900. The normalized spacial score (nSPS) is 17.5. The van der Waals surface area contributed by atoms with E-state index in [0.29, 0.717) is 25.6 Å². The smallest absolute Gasteiger partial charge is 0.221 e. The second-order valence-electron chi connectivity index (χ2n) is 3.88. The van der Waals surface area contributed by atoms with E-state index in [2.05, 4.69) is 10.6 Å². The number of carbonyl (C=O) groups is 1. The Labute approximate surface area is 90.2 Å². The molecule has 1 aliphatic carbocycles. The highest BCUT2D eigenvalue weighted by atomic mass is 16.5. The highest BCUT2D eigenvalue weighted by molar-refractivity contribution is 5.76. The first-order valence-electron chi connectivity index (χ1n) is 5.38. The molecule has 88 valence electrons. The van der Waals surface area contributed by atoms with E-state index in [1.54, 1.807) is 7.11 Å². The van der Waals surface area contributed by atoms with Gasteiger partial charge in [0.1, 0.15) is 0 Å². The summed E-state index contributed by atoms with van der Waals surface area (Å²) in [6.07, 6.45) is 2.68. The summed E-state index contributed by atoms with van der Waals surface area (Å²) >= 11 is 0. The third-order valence-electron chi connectivity index (χ3n) is 2.32. The number of methoxy groups -OCH3 is 1. The lowest BCUT2D eigenvalue weighted by Crippen LogP contribution is -2.39. The van der Waals surface area contributed by atoms with Crippen molar-refractivity contribution in [3.8, 4) is 0 Å². The molecule has 5 nitrogen and oxygen atoms in total. The third kappa shape index (κ3) is 5.71. The molecule has 0 bridgehead atoms. The largest absolute Gasteiger partial charge is 0.395 e. The fourth-order valence-corrected chi connectivity index (χ4v) is 1.29. The number of amides is 1. The van der Waals surface area contributed by atoms with Gasteiger partial charge in [-0.15, -0.1) is 0 Å². The topological polar surface area (TPSA) is 70.6 Å². The first-order valence-corrected chi connectivity index (χ1v) is 5.38. The van der Waals surface area contributed by atoms with Crippen LogP contribution >= 0.6 is 0 Å². The molecule has 1 amide bonds. The molecule has 0 heterocycles. The average Bonchev–Trinajstić information content (AvgIpc) is 3.00. The van der Waals surface area contributed by atoms with Gasteiger partial charge >= 0.3 is 0 Å². The second kappa shape index (κ2) is 6.76. The lowest BCUT2D eigenvalue weighted by molar-refractivity contribution is -0.121. The number of carbonyl (C=O) groups excluding carboxylic acids is 1. The van der Waals surface area contributed by atoms with Crippen LogP contribution in [0.4, 0.5) is 0 Å². The SMILES string of the molecule is COCC(CO)NCCC(=O)NC1CC1. The van der Waals surface area contributed by atoms with Gasteiger partial charge in [0.2, 0.25) is 5.91 Å². The van der Waals surface area contributed by atoms with Crippen LogP contribution in [0.2, 0.25) is 0 Å². The van der Waals surface area contributed by atoms with Crippen LogP contribution in [0.25, 0.3) is 0 Å². The Balaban J connectivity index is 2.00. The first kappa shape index (κ1) is 12.4. The van der Waals surface area contributed by atoms with Crippen molar-refractivity contribution < 1.29 is 14.6 Å². The minimum absolute atomic E-state index is 0.0259. The molecule has 1 unspecified atom stereocenters. The van der Waals surface area contributed by atoms with E-state index in [0.717, 1.165) is 12.8 Å². The summed E-state index contributed by atoms with van der Waals surface area (Å²) < 4.78 is 4.90. The number of nitrogens with one attached hydrogen (secondary N) is 2. The van der Waals surface area contributed by atoms with Crippen LogP contribution in [0, 0.1) is 0 Å². The molecule has 0 radical (unpaired) electrons. The number of rotatable bonds is 8. The summed E-state index contributed by atoms with van der Waals surface area (Å²) in [5.41, 5.74) is 0. The Bertz CT molecular complexity index is 195. The van der Waals surface area contributed by atoms with E-state index >= 15 is 0 Å². The Kier molecular flexibility index (Phi) is 5.60. The minimum Gasteiger partial charge on any atom is -0.395 e. The first-order chi connectivity index (χ1) is 7.26. The van der Waals surface area contributed by atoms with E-state index < -0.39 is 0 Å². The molecule has 0 aromatic carbocycles. The van der Waals surface area contributed by atoms with E-state index in [1.807, 2.05) is 0 Å². The lowest BCUT2D eigenvalue weighted by atomic mass is 10.3. The molecule has 15 heavy (non-hydrogen) atoms. The minimum atomic E-state index is -0.0799. The summed E-state index contributed by atoms with van der Waals surface area (Å²) in [5.74, 6) is 0.0825. The molecular weight excluding hydrogens is 196 g/mol. The van der Waals surface area contributed by atoms with Crippen molar-refractivity contribution in [3.63, 3.8) is 0 Å². The van der Waals surface area contributed by atoms with Gasteiger partial charge in [-0.3, -0.25) is 4.79 Å². The highest BCUT2D eigenvalue weighted by Gasteiger charge is 2.22. The molecule has 1 aliphatic rings. The van der Waals surface area contributed by atoms with Crippen molar-refractivity contribution >= 4 is 5.91 Å².